The summed E-state index contributed by atoms with van der Waals surface area (Å²) < 4.78 is 0. The van der Waals surface area contributed by atoms with E-state index in [4.69, 9.17) is 11.6 Å². The molecule has 18 heavy (non-hydrogen) atoms. The van der Waals surface area contributed by atoms with E-state index in [2.05, 4.69) is 29.2 Å². The van der Waals surface area contributed by atoms with Crippen LogP contribution in [0.4, 0.5) is 0 Å². The Hall–Kier alpha value is -1.19. The normalized spacial score (nSPS) is 10.5. The molecule has 1 aromatic heterocycles. The molecule has 0 amide bonds. The number of rotatable bonds is 6. The maximum Gasteiger partial charge on any atom is 0.178 e. The molecule has 0 saturated carbocycles. The van der Waals surface area contributed by atoms with Crippen LogP contribution in [0.2, 0.25) is 0 Å². The van der Waals surface area contributed by atoms with Gasteiger partial charge in [-0.25, -0.2) is 4.98 Å². The average molecular weight is 280 g/mol. The summed E-state index contributed by atoms with van der Waals surface area (Å²) in [4.78, 5) is 14.8. The van der Waals surface area contributed by atoms with Crippen LogP contribution in [0.1, 0.15) is 28.2 Å². The zero-order chi connectivity index (χ0) is 12.8. The number of unbranched alkanes of at least 4 members (excludes halogenated alkanes) is 1. The standard InChI is InChI=1S/C14H14ClNOS/c15-8-2-1-3-11-4-6-12(7-5-11)13-10-18-14(9-17)16-13/h4-7,9-10H,1-3,8H2. The molecule has 4 heteroatoms. The average Bonchev–Trinajstić information content (AvgIpc) is 2.89. The van der Waals surface area contributed by atoms with E-state index in [0.717, 1.165) is 42.7 Å². The molecule has 1 aromatic carbocycles. The lowest BCUT2D eigenvalue weighted by atomic mass is 10.1. The summed E-state index contributed by atoms with van der Waals surface area (Å²) in [5.41, 5.74) is 3.24. The van der Waals surface area contributed by atoms with Crippen LogP contribution in [-0.2, 0) is 6.42 Å². The van der Waals surface area contributed by atoms with Crippen molar-refractivity contribution in [2.45, 2.75) is 19.3 Å². The Morgan fingerprint density at radius 1 is 1.22 bits per heavy atom. The van der Waals surface area contributed by atoms with Gasteiger partial charge in [-0.2, -0.15) is 0 Å². The first-order valence-corrected chi connectivity index (χ1v) is 7.31. The van der Waals surface area contributed by atoms with Crippen LogP contribution in [0.5, 0.6) is 0 Å². The van der Waals surface area contributed by atoms with Gasteiger partial charge in [-0.3, -0.25) is 4.79 Å². The second kappa shape index (κ2) is 6.66. The van der Waals surface area contributed by atoms with E-state index in [1.807, 2.05) is 5.38 Å². The van der Waals surface area contributed by atoms with Crippen LogP contribution in [0, 0.1) is 0 Å². The Bertz CT molecular complexity index is 507. The van der Waals surface area contributed by atoms with Gasteiger partial charge in [-0.1, -0.05) is 24.3 Å². The molecular formula is C14H14ClNOS. The molecule has 0 aliphatic carbocycles. The zero-order valence-electron chi connectivity index (χ0n) is 9.93. The predicted octanol–water partition coefficient (Wildman–Crippen LogP) is 4.18. The van der Waals surface area contributed by atoms with Crippen molar-refractivity contribution in [3.8, 4) is 11.3 Å². The smallest absolute Gasteiger partial charge is 0.178 e. The lowest BCUT2D eigenvalue weighted by molar-refractivity contribution is 0.112. The van der Waals surface area contributed by atoms with Gasteiger partial charge < -0.3 is 0 Å². The van der Waals surface area contributed by atoms with Crippen LogP contribution in [0.3, 0.4) is 0 Å². The minimum atomic E-state index is 0.524. The third kappa shape index (κ3) is 3.40. The number of hydrogen-bond donors (Lipinski definition) is 0. The van der Waals surface area contributed by atoms with Gasteiger partial charge in [0, 0.05) is 16.8 Å². The SMILES string of the molecule is O=Cc1nc(-c2ccc(CCCCCl)cc2)cs1. The largest absolute Gasteiger partial charge is 0.295 e. The second-order valence-electron chi connectivity index (χ2n) is 4.03. The van der Waals surface area contributed by atoms with Crippen LogP contribution >= 0.6 is 22.9 Å². The summed E-state index contributed by atoms with van der Waals surface area (Å²) >= 11 is 7.03. The first-order valence-electron chi connectivity index (χ1n) is 5.89. The van der Waals surface area contributed by atoms with Crippen molar-refractivity contribution < 1.29 is 4.79 Å². The molecule has 0 spiro atoms. The van der Waals surface area contributed by atoms with E-state index in [0.29, 0.717) is 5.01 Å². The van der Waals surface area contributed by atoms with Gasteiger partial charge >= 0.3 is 0 Å². The number of alkyl halides is 1. The molecule has 0 saturated heterocycles. The van der Waals surface area contributed by atoms with Crippen molar-refractivity contribution >= 4 is 29.2 Å². The topological polar surface area (TPSA) is 30.0 Å². The maximum atomic E-state index is 10.6. The number of aldehydes is 1. The maximum absolute atomic E-state index is 10.6. The number of halogens is 1. The van der Waals surface area contributed by atoms with Crippen LogP contribution in [0.15, 0.2) is 29.6 Å². The molecule has 0 aliphatic rings. The summed E-state index contributed by atoms with van der Waals surface area (Å²) in [6.45, 7) is 0. The third-order valence-corrected chi connectivity index (χ3v) is 3.76. The molecule has 0 aliphatic heterocycles. The minimum Gasteiger partial charge on any atom is -0.295 e. The van der Waals surface area contributed by atoms with Gasteiger partial charge in [0.15, 0.2) is 11.3 Å². The molecule has 0 atom stereocenters. The van der Waals surface area contributed by atoms with Crippen molar-refractivity contribution in [1.82, 2.24) is 4.98 Å². The summed E-state index contributed by atoms with van der Waals surface area (Å²) in [5.74, 6) is 0.728. The van der Waals surface area contributed by atoms with E-state index in [9.17, 15) is 4.79 Å². The fraction of sp³-hybridized carbons (Fsp3) is 0.286. The molecule has 94 valence electrons. The highest BCUT2D eigenvalue weighted by Crippen LogP contribution is 2.22. The van der Waals surface area contributed by atoms with Gasteiger partial charge in [0.05, 0.1) is 5.69 Å². The lowest BCUT2D eigenvalue weighted by Crippen LogP contribution is -1.87. The molecule has 0 unspecified atom stereocenters. The number of thiazole rings is 1. The molecule has 0 fully saturated rings. The summed E-state index contributed by atoms with van der Waals surface area (Å²) in [6.07, 6.45) is 4.02. The van der Waals surface area contributed by atoms with E-state index in [1.165, 1.54) is 16.9 Å². The number of aryl methyl sites for hydroxylation is 1. The number of benzene rings is 1. The van der Waals surface area contributed by atoms with Gasteiger partial charge in [0.2, 0.25) is 0 Å². The molecule has 0 N–H and O–H groups in total. The number of nitrogens with zero attached hydrogens (tertiary/aromatic N) is 1. The van der Waals surface area contributed by atoms with Gasteiger partial charge in [0.1, 0.15) is 0 Å². The summed E-state index contributed by atoms with van der Waals surface area (Å²) in [6, 6.07) is 8.34. The summed E-state index contributed by atoms with van der Waals surface area (Å²) in [5, 5.41) is 2.43. The van der Waals surface area contributed by atoms with E-state index in [1.54, 1.807) is 0 Å². The first kappa shape index (κ1) is 13.2. The number of hydrogen-bond acceptors (Lipinski definition) is 3. The molecular weight excluding hydrogens is 266 g/mol. The lowest BCUT2D eigenvalue weighted by Gasteiger charge is -2.02. The molecule has 0 radical (unpaired) electrons. The van der Waals surface area contributed by atoms with Gasteiger partial charge in [-0.15, -0.1) is 22.9 Å². The Balaban J connectivity index is 2.04. The molecule has 2 nitrogen and oxygen atoms in total. The van der Waals surface area contributed by atoms with Gasteiger partial charge in [0.25, 0.3) is 0 Å². The van der Waals surface area contributed by atoms with Crippen molar-refractivity contribution in [3.63, 3.8) is 0 Å². The Labute approximate surface area is 116 Å². The zero-order valence-corrected chi connectivity index (χ0v) is 11.5. The predicted molar refractivity (Wildman–Crippen MR) is 76.6 cm³/mol. The van der Waals surface area contributed by atoms with E-state index >= 15 is 0 Å². The minimum absolute atomic E-state index is 0.524. The fourth-order valence-corrected chi connectivity index (χ4v) is 2.56. The third-order valence-electron chi connectivity index (χ3n) is 2.72. The quantitative estimate of drug-likeness (QED) is 0.451. The highest BCUT2D eigenvalue weighted by molar-refractivity contribution is 7.11. The van der Waals surface area contributed by atoms with E-state index < -0.39 is 0 Å². The highest BCUT2D eigenvalue weighted by atomic mass is 35.5. The number of aromatic nitrogens is 1. The van der Waals surface area contributed by atoms with Crippen molar-refractivity contribution in [2.24, 2.45) is 0 Å². The number of carbonyl (C=O) groups is 1. The number of carbonyl (C=O) groups excluding carboxylic acids is 1. The van der Waals surface area contributed by atoms with Crippen LogP contribution in [0.25, 0.3) is 11.3 Å². The Kier molecular flexibility index (Phi) is 4.90. The highest BCUT2D eigenvalue weighted by Gasteiger charge is 2.03. The molecule has 0 bridgehead atoms. The summed E-state index contributed by atoms with van der Waals surface area (Å²) in [7, 11) is 0. The van der Waals surface area contributed by atoms with Crippen molar-refractivity contribution in [2.75, 3.05) is 5.88 Å². The van der Waals surface area contributed by atoms with Crippen LogP contribution in [-0.4, -0.2) is 17.2 Å². The monoisotopic (exact) mass is 279 g/mol. The van der Waals surface area contributed by atoms with Crippen molar-refractivity contribution in [3.05, 3.63) is 40.2 Å². The van der Waals surface area contributed by atoms with Gasteiger partial charge in [-0.05, 0) is 24.8 Å². The van der Waals surface area contributed by atoms with Crippen molar-refractivity contribution in [1.29, 1.82) is 0 Å². The molecule has 2 aromatic rings. The van der Waals surface area contributed by atoms with Crippen LogP contribution < -0.4 is 0 Å². The Morgan fingerprint density at radius 3 is 2.61 bits per heavy atom. The first-order chi connectivity index (χ1) is 8.83. The molecule has 1 heterocycles. The Morgan fingerprint density at radius 2 is 2.00 bits per heavy atom. The second-order valence-corrected chi connectivity index (χ2v) is 5.30. The van der Waals surface area contributed by atoms with E-state index in [-0.39, 0.29) is 0 Å². The molecule has 2 rings (SSSR count). The fourth-order valence-electron chi connectivity index (χ4n) is 1.74.